The summed E-state index contributed by atoms with van der Waals surface area (Å²) in [7, 11) is 0. The van der Waals surface area contributed by atoms with Crippen LogP contribution in [0.2, 0.25) is 0 Å². The number of fused-ring (bicyclic) bond motifs is 1. The Hall–Kier alpha value is -1.77. The molecule has 0 aliphatic rings. The minimum absolute atomic E-state index is 0.154. The van der Waals surface area contributed by atoms with Crippen LogP contribution in [0.15, 0.2) is 24.3 Å². The van der Waals surface area contributed by atoms with Gasteiger partial charge < -0.3 is 9.67 Å². The largest absolute Gasteiger partial charge is 0.508 e. The van der Waals surface area contributed by atoms with E-state index in [0.717, 1.165) is 23.1 Å². The van der Waals surface area contributed by atoms with Crippen molar-refractivity contribution >= 4 is 16.7 Å². The number of carbonyl (C=O) groups excluding carboxylic acids is 1. The highest BCUT2D eigenvalue weighted by molar-refractivity contribution is 5.85. The van der Waals surface area contributed by atoms with Crippen LogP contribution in [-0.4, -0.2) is 15.5 Å². The predicted octanol–water partition coefficient (Wildman–Crippen LogP) is 2.50. The van der Waals surface area contributed by atoms with Crippen LogP contribution >= 0.6 is 0 Å². The lowest BCUT2D eigenvalue weighted by Gasteiger charge is -2.06. The van der Waals surface area contributed by atoms with E-state index in [4.69, 9.17) is 0 Å². The monoisotopic (exact) mass is 217 g/mol. The molecule has 1 heterocycles. The van der Waals surface area contributed by atoms with Gasteiger partial charge in [0.1, 0.15) is 11.5 Å². The average molecular weight is 217 g/mol. The first kappa shape index (κ1) is 10.7. The van der Waals surface area contributed by atoms with E-state index < -0.39 is 0 Å². The summed E-state index contributed by atoms with van der Waals surface area (Å²) in [6.07, 6.45) is 0.448. The van der Waals surface area contributed by atoms with Crippen molar-refractivity contribution in [3.05, 3.63) is 30.0 Å². The molecule has 0 unspecified atom stereocenters. The smallest absolute Gasteiger partial charge is 0.135 e. The van der Waals surface area contributed by atoms with Crippen molar-refractivity contribution in [2.24, 2.45) is 0 Å². The van der Waals surface area contributed by atoms with Crippen molar-refractivity contribution in [3.63, 3.8) is 0 Å². The maximum Gasteiger partial charge on any atom is 0.135 e. The Morgan fingerprint density at radius 3 is 2.75 bits per heavy atom. The van der Waals surface area contributed by atoms with Gasteiger partial charge in [-0.1, -0.05) is 0 Å². The van der Waals surface area contributed by atoms with Gasteiger partial charge in [0.05, 0.1) is 0 Å². The maximum atomic E-state index is 11.2. The molecule has 0 saturated heterocycles. The zero-order valence-electron chi connectivity index (χ0n) is 9.53. The first-order chi connectivity index (χ1) is 7.61. The Morgan fingerprint density at radius 1 is 1.38 bits per heavy atom. The minimum atomic E-state index is 0.154. The van der Waals surface area contributed by atoms with Gasteiger partial charge in [-0.2, -0.15) is 0 Å². The van der Waals surface area contributed by atoms with Crippen LogP contribution in [0.3, 0.4) is 0 Å². The number of hydrogen-bond donors (Lipinski definition) is 1. The molecule has 0 fully saturated rings. The van der Waals surface area contributed by atoms with Gasteiger partial charge in [-0.15, -0.1) is 0 Å². The van der Waals surface area contributed by atoms with E-state index in [1.165, 1.54) is 0 Å². The Bertz CT molecular complexity index is 540. The van der Waals surface area contributed by atoms with Crippen molar-refractivity contribution in [2.75, 3.05) is 0 Å². The van der Waals surface area contributed by atoms with Crippen molar-refractivity contribution < 1.29 is 9.90 Å². The fourth-order valence-corrected chi connectivity index (χ4v) is 2.09. The van der Waals surface area contributed by atoms with Crippen LogP contribution in [0, 0.1) is 0 Å². The highest BCUT2D eigenvalue weighted by atomic mass is 16.3. The van der Waals surface area contributed by atoms with Crippen LogP contribution in [0.1, 0.15) is 19.5 Å². The van der Waals surface area contributed by atoms with Gasteiger partial charge in [0.2, 0.25) is 0 Å². The molecule has 0 spiro atoms. The van der Waals surface area contributed by atoms with Crippen molar-refractivity contribution in [2.45, 2.75) is 26.8 Å². The van der Waals surface area contributed by atoms with Gasteiger partial charge in [-0.3, -0.25) is 4.79 Å². The number of rotatable bonds is 3. The van der Waals surface area contributed by atoms with Crippen LogP contribution < -0.4 is 0 Å². The molecule has 0 aliphatic heterocycles. The minimum Gasteiger partial charge on any atom is -0.508 e. The molecular formula is C13H15NO2. The van der Waals surface area contributed by atoms with E-state index in [1.807, 2.05) is 12.1 Å². The Morgan fingerprint density at radius 2 is 2.12 bits per heavy atom. The van der Waals surface area contributed by atoms with Gasteiger partial charge in [0.25, 0.3) is 0 Å². The number of aryl methyl sites for hydroxylation is 1. The van der Waals surface area contributed by atoms with Gasteiger partial charge in [-0.25, -0.2) is 0 Å². The van der Waals surface area contributed by atoms with E-state index in [2.05, 4.69) is 11.5 Å². The van der Waals surface area contributed by atoms with Crippen molar-refractivity contribution in [3.8, 4) is 5.75 Å². The molecule has 1 N–H and O–H groups in total. The van der Waals surface area contributed by atoms with Crippen molar-refractivity contribution in [1.29, 1.82) is 0 Å². The molecule has 2 rings (SSSR count). The fourth-order valence-electron chi connectivity index (χ4n) is 2.09. The first-order valence-corrected chi connectivity index (χ1v) is 5.42. The maximum absolute atomic E-state index is 11.2. The number of nitrogens with zero attached hydrogens (tertiary/aromatic N) is 1. The summed E-state index contributed by atoms with van der Waals surface area (Å²) in [5.41, 5.74) is 2.08. The zero-order chi connectivity index (χ0) is 11.7. The number of Topliss-reactive ketones (excluding diaryl/α,β-unsaturated/α-hetero) is 1. The summed E-state index contributed by atoms with van der Waals surface area (Å²) < 4.78 is 2.11. The topological polar surface area (TPSA) is 42.2 Å². The number of carbonyl (C=O) groups is 1. The van der Waals surface area contributed by atoms with Crippen LogP contribution in [0.25, 0.3) is 10.9 Å². The molecular weight excluding hydrogens is 202 g/mol. The second-order valence-electron chi connectivity index (χ2n) is 4.00. The molecule has 0 bridgehead atoms. The average Bonchev–Trinajstić information content (AvgIpc) is 2.52. The number of aromatic nitrogens is 1. The normalized spacial score (nSPS) is 10.9. The lowest BCUT2D eigenvalue weighted by Crippen LogP contribution is -2.04. The number of aromatic hydroxyl groups is 1. The van der Waals surface area contributed by atoms with Crippen LogP contribution in [0.5, 0.6) is 5.75 Å². The van der Waals surface area contributed by atoms with E-state index in [9.17, 15) is 9.90 Å². The third-order valence-electron chi connectivity index (χ3n) is 2.72. The van der Waals surface area contributed by atoms with Crippen LogP contribution in [0.4, 0.5) is 0 Å². The lowest BCUT2D eigenvalue weighted by molar-refractivity contribution is -0.116. The Kier molecular flexibility index (Phi) is 2.69. The van der Waals surface area contributed by atoms with Crippen LogP contribution in [-0.2, 0) is 17.8 Å². The molecule has 2 aromatic rings. The third-order valence-corrected chi connectivity index (χ3v) is 2.72. The summed E-state index contributed by atoms with van der Waals surface area (Å²) in [4.78, 5) is 11.2. The molecule has 0 atom stereocenters. The highest BCUT2D eigenvalue weighted by Gasteiger charge is 2.09. The summed E-state index contributed by atoms with van der Waals surface area (Å²) in [5.74, 6) is 0.414. The molecule has 0 radical (unpaired) electrons. The SMILES string of the molecule is CCn1c(CC(C)=O)cc2cc(O)ccc21. The van der Waals surface area contributed by atoms with Gasteiger partial charge in [0, 0.05) is 29.6 Å². The molecule has 0 aliphatic carbocycles. The molecule has 3 nitrogen and oxygen atoms in total. The Labute approximate surface area is 94.3 Å². The zero-order valence-corrected chi connectivity index (χ0v) is 9.53. The Balaban J connectivity index is 2.61. The number of hydrogen-bond acceptors (Lipinski definition) is 2. The number of benzene rings is 1. The molecule has 84 valence electrons. The lowest BCUT2D eigenvalue weighted by atomic mass is 10.2. The quantitative estimate of drug-likeness (QED) is 0.858. The highest BCUT2D eigenvalue weighted by Crippen LogP contribution is 2.24. The second-order valence-corrected chi connectivity index (χ2v) is 4.00. The summed E-state index contributed by atoms with van der Waals surface area (Å²) in [6.45, 7) is 4.47. The number of ketones is 1. The first-order valence-electron chi connectivity index (χ1n) is 5.42. The van der Waals surface area contributed by atoms with E-state index in [-0.39, 0.29) is 11.5 Å². The molecule has 0 amide bonds. The number of phenolic OH excluding ortho intramolecular Hbond substituents is 1. The number of phenols is 1. The summed E-state index contributed by atoms with van der Waals surface area (Å²) in [5, 5.41) is 10.4. The molecule has 1 aromatic heterocycles. The molecule has 0 saturated carbocycles. The standard InChI is InChI=1S/C13H15NO2/c1-3-14-11(6-9(2)15)7-10-8-12(16)4-5-13(10)14/h4-5,7-8,16H,3,6H2,1-2H3. The second kappa shape index (κ2) is 4.00. The molecule has 3 heteroatoms. The van der Waals surface area contributed by atoms with Crippen molar-refractivity contribution in [1.82, 2.24) is 4.57 Å². The van der Waals surface area contributed by atoms with E-state index >= 15 is 0 Å². The van der Waals surface area contributed by atoms with Gasteiger partial charge in [0.15, 0.2) is 0 Å². The molecule has 1 aromatic carbocycles. The summed E-state index contributed by atoms with van der Waals surface area (Å²) in [6, 6.07) is 7.26. The predicted molar refractivity (Wildman–Crippen MR) is 63.7 cm³/mol. The summed E-state index contributed by atoms with van der Waals surface area (Å²) >= 11 is 0. The fraction of sp³-hybridized carbons (Fsp3) is 0.308. The van der Waals surface area contributed by atoms with E-state index in [0.29, 0.717) is 6.42 Å². The van der Waals surface area contributed by atoms with E-state index in [1.54, 1.807) is 19.1 Å². The molecule has 16 heavy (non-hydrogen) atoms. The van der Waals surface area contributed by atoms with Gasteiger partial charge in [-0.05, 0) is 38.1 Å². The van der Waals surface area contributed by atoms with Gasteiger partial charge >= 0.3 is 0 Å². The third kappa shape index (κ3) is 1.81.